The molecule has 0 saturated heterocycles. The summed E-state index contributed by atoms with van der Waals surface area (Å²) in [6, 6.07) is 2.94. The third kappa shape index (κ3) is 4.78. The molecule has 0 aromatic heterocycles. The van der Waals surface area contributed by atoms with Crippen molar-refractivity contribution in [3.8, 4) is 0 Å². The number of halogens is 1. The molecule has 0 radical (unpaired) electrons. The molecule has 0 unspecified atom stereocenters. The normalized spacial score (nSPS) is 10.7. The van der Waals surface area contributed by atoms with Crippen LogP contribution in [0.4, 0.5) is 10.1 Å². The van der Waals surface area contributed by atoms with Gasteiger partial charge in [-0.2, -0.15) is 0 Å². The van der Waals surface area contributed by atoms with E-state index in [9.17, 15) is 19.3 Å². The number of carbonyl (C=O) groups excluding carboxylic acids is 1. The molecule has 1 aromatic rings. The SMILES string of the molecule is CCCN(CCN(C)C)C(=O)c1cc(F)ccc1[N+](=O)[O-]. The van der Waals surface area contributed by atoms with E-state index in [-0.39, 0.29) is 11.3 Å². The number of nitro benzene ring substituents is 1. The molecule has 0 aliphatic heterocycles. The Hall–Kier alpha value is -2.02. The summed E-state index contributed by atoms with van der Waals surface area (Å²) in [5.74, 6) is -1.17. The summed E-state index contributed by atoms with van der Waals surface area (Å²) in [5.41, 5.74) is -0.570. The Morgan fingerprint density at radius 1 is 1.29 bits per heavy atom. The predicted octanol–water partition coefficient (Wildman–Crippen LogP) is 2.15. The van der Waals surface area contributed by atoms with Crippen LogP contribution in [0.5, 0.6) is 0 Å². The highest BCUT2D eigenvalue weighted by atomic mass is 19.1. The molecule has 0 aliphatic carbocycles. The quantitative estimate of drug-likeness (QED) is 0.571. The van der Waals surface area contributed by atoms with Crippen molar-refractivity contribution >= 4 is 11.6 Å². The highest BCUT2D eigenvalue weighted by molar-refractivity contribution is 5.98. The molecule has 21 heavy (non-hydrogen) atoms. The average Bonchev–Trinajstić information content (AvgIpc) is 2.42. The number of hydrogen-bond donors (Lipinski definition) is 0. The van der Waals surface area contributed by atoms with Gasteiger partial charge in [-0.25, -0.2) is 4.39 Å². The highest BCUT2D eigenvalue weighted by Crippen LogP contribution is 2.21. The summed E-state index contributed by atoms with van der Waals surface area (Å²) in [6.07, 6.45) is 0.724. The molecule has 0 N–H and O–H groups in total. The van der Waals surface area contributed by atoms with Gasteiger partial charge in [0.05, 0.1) is 4.92 Å². The van der Waals surface area contributed by atoms with Gasteiger partial charge in [0.2, 0.25) is 0 Å². The van der Waals surface area contributed by atoms with E-state index in [4.69, 9.17) is 0 Å². The number of nitrogens with zero attached hydrogens (tertiary/aromatic N) is 3. The Labute approximate surface area is 123 Å². The van der Waals surface area contributed by atoms with Crippen molar-refractivity contribution in [1.82, 2.24) is 9.80 Å². The van der Waals surface area contributed by atoms with Crippen molar-refractivity contribution in [3.63, 3.8) is 0 Å². The highest BCUT2D eigenvalue weighted by Gasteiger charge is 2.25. The fourth-order valence-electron chi connectivity index (χ4n) is 1.91. The van der Waals surface area contributed by atoms with Crippen molar-refractivity contribution in [1.29, 1.82) is 0 Å². The van der Waals surface area contributed by atoms with E-state index in [1.165, 1.54) is 4.90 Å². The van der Waals surface area contributed by atoms with E-state index in [2.05, 4.69) is 0 Å². The lowest BCUT2D eigenvalue weighted by Gasteiger charge is -2.24. The number of amides is 1. The van der Waals surface area contributed by atoms with E-state index >= 15 is 0 Å². The Morgan fingerprint density at radius 2 is 1.95 bits per heavy atom. The van der Waals surface area contributed by atoms with Crippen LogP contribution in [-0.4, -0.2) is 54.4 Å². The fourth-order valence-corrected chi connectivity index (χ4v) is 1.91. The minimum Gasteiger partial charge on any atom is -0.337 e. The molecular formula is C14H20FN3O3. The van der Waals surface area contributed by atoms with E-state index in [0.717, 1.165) is 24.6 Å². The first-order chi connectivity index (χ1) is 9.86. The molecule has 0 spiro atoms. The zero-order valence-corrected chi connectivity index (χ0v) is 12.5. The van der Waals surface area contributed by atoms with Crippen LogP contribution >= 0.6 is 0 Å². The molecule has 0 bridgehead atoms. The van der Waals surface area contributed by atoms with Gasteiger partial charge in [0.25, 0.3) is 11.6 Å². The van der Waals surface area contributed by atoms with Crippen LogP contribution in [0.3, 0.4) is 0 Å². The van der Waals surface area contributed by atoms with Crippen molar-refractivity contribution < 1.29 is 14.1 Å². The summed E-state index contributed by atoms with van der Waals surface area (Å²) in [6.45, 7) is 3.46. The van der Waals surface area contributed by atoms with Crippen LogP contribution in [0.15, 0.2) is 18.2 Å². The van der Waals surface area contributed by atoms with Crippen molar-refractivity contribution in [2.75, 3.05) is 33.7 Å². The topological polar surface area (TPSA) is 66.7 Å². The standard InChI is InChI=1S/C14H20FN3O3/c1-4-7-17(9-8-16(2)3)14(19)12-10-11(15)5-6-13(12)18(20)21/h5-6,10H,4,7-9H2,1-3H3. The van der Waals surface area contributed by atoms with Crippen molar-refractivity contribution in [2.24, 2.45) is 0 Å². The molecule has 1 rings (SSSR count). The van der Waals surface area contributed by atoms with Crippen LogP contribution in [0, 0.1) is 15.9 Å². The molecular weight excluding hydrogens is 277 g/mol. The summed E-state index contributed by atoms with van der Waals surface area (Å²) in [7, 11) is 3.75. The minimum absolute atomic E-state index is 0.202. The van der Waals surface area contributed by atoms with Crippen molar-refractivity contribution in [3.05, 3.63) is 39.7 Å². The average molecular weight is 297 g/mol. The number of likely N-dealkylation sites (N-methyl/N-ethyl adjacent to an activating group) is 1. The molecule has 1 amide bonds. The summed E-state index contributed by atoms with van der Waals surface area (Å²) in [5, 5.41) is 11.0. The molecule has 6 nitrogen and oxygen atoms in total. The maximum Gasteiger partial charge on any atom is 0.282 e. The van der Waals surface area contributed by atoms with Gasteiger partial charge in [0, 0.05) is 25.7 Å². The Morgan fingerprint density at radius 3 is 2.48 bits per heavy atom. The zero-order valence-electron chi connectivity index (χ0n) is 12.5. The third-order valence-corrected chi connectivity index (χ3v) is 2.98. The number of hydrogen-bond acceptors (Lipinski definition) is 4. The predicted molar refractivity (Wildman–Crippen MR) is 77.8 cm³/mol. The lowest BCUT2D eigenvalue weighted by Crippen LogP contribution is -2.37. The summed E-state index contributed by atoms with van der Waals surface area (Å²) < 4.78 is 13.3. The van der Waals surface area contributed by atoms with Gasteiger partial charge in [0.15, 0.2) is 0 Å². The molecule has 0 fully saturated rings. The lowest BCUT2D eigenvalue weighted by molar-refractivity contribution is -0.385. The van der Waals surface area contributed by atoms with Gasteiger partial charge in [0.1, 0.15) is 11.4 Å². The summed E-state index contributed by atoms with van der Waals surface area (Å²) in [4.78, 5) is 26.2. The largest absolute Gasteiger partial charge is 0.337 e. The molecule has 0 heterocycles. The summed E-state index contributed by atoms with van der Waals surface area (Å²) >= 11 is 0. The van der Waals surface area contributed by atoms with Gasteiger partial charge in [-0.3, -0.25) is 14.9 Å². The molecule has 0 aliphatic rings. The zero-order chi connectivity index (χ0) is 16.0. The number of rotatable bonds is 7. The first kappa shape index (κ1) is 17.0. The maximum absolute atomic E-state index is 13.3. The second-order valence-electron chi connectivity index (χ2n) is 5.01. The van der Waals surface area contributed by atoms with Gasteiger partial charge in [-0.05, 0) is 32.6 Å². The van der Waals surface area contributed by atoms with Gasteiger partial charge in [-0.15, -0.1) is 0 Å². The van der Waals surface area contributed by atoms with Crippen LogP contribution in [0.1, 0.15) is 23.7 Å². The third-order valence-electron chi connectivity index (χ3n) is 2.98. The first-order valence-corrected chi connectivity index (χ1v) is 6.74. The lowest BCUT2D eigenvalue weighted by atomic mass is 10.1. The van der Waals surface area contributed by atoms with Crippen LogP contribution in [-0.2, 0) is 0 Å². The monoisotopic (exact) mass is 297 g/mol. The van der Waals surface area contributed by atoms with Gasteiger partial charge >= 0.3 is 0 Å². The Balaban J connectivity index is 3.07. The second kappa shape index (κ2) is 7.68. The minimum atomic E-state index is -0.664. The maximum atomic E-state index is 13.3. The second-order valence-corrected chi connectivity index (χ2v) is 5.01. The van der Waals surface area contributed by atoms with E-state index in [0.29, 0.717) is 19.6 Å². The first-order valence-electron chi connectivity index (χ1n) is 6.74. The van der Waals surface area contributed by atoms with Crippen LogP contribution in [0.25, 0.3) is 0 Å². The van der Waals surface area contributed by atoms with E-state index in [1.807, 2.05) is 25.9 Å². The number of nitro groups is 1. The Bertz CT molecular complexity index is 520. The van der Waals surface area contributed by atoms with Gasteiger partial charge in [-0.1, -0.05) is 6.92 Å². The molecule has 7 heteroatoms. The molecule has 0 atom stereocenters. The molecule has 0 saturated carbocycles. The van der Waals surface area contributed by atoms with Crippen LogP contribution < -0.4 is 0 Å². The van der Waals surface area contributed by atoms with E-state index in [1.54, 1.807) is 0 Å². The van der Waals surface area contributed by atoms with Crippen molar-refractivity contribution in [2.45, 2.75) is 13.3 Å². The smallest absolute Gasteiger partial charge is 0.282 e. The fraction of sp³-hybridized carbons (Fsp3) is 0.500. The van der Waals surface area contributed by atoms with Gasteiger partial charge < -0.3 is 9.80 Å². The Kier molecular flexibility index (Phi) is 6.23. The number of benzene rings is 1. The van der Waals surface area contributed by atoms with Crippen LogP contribution in [0.2, 0.25) is 0 Å². The van der Waals surface area contributed by atoms with E-state index < -0.39 is 16.6 Å². The number of carbonyl (C=O) groups is 1. The molecule has 1 aromatic carbocycles. The molecule has 116 valence electrons.